The highest BCUT2D eigenvalue weighted by Gasteiger charge is 2.27. The SMILES string of the molecule is CC(C)(C)c1cc(-n2c3ccccc3c3ccc(-c4cc(Sc5ccccn5)cc(-c5ccccc5)c4)nc32)c(O)c(C(C)(C)C)c1. The number of aromatic hydroxyl groups is 1. The number of phenols is 1. The van der Waals surface area contributed by atoms with Gasteiger partial charge in [-0.2, -0.15) is 0 Å². The van der Waals surface area contributed by atoms with Gasteiger partial charge < -0.3 is 5.11 Å². The summed E-state index contributed by atoms with van der Waals surface area (Å²) in [5.74, 6) is 0.292. The number of nitrogens with zero attached hydrogens (tertiary/aromatic N) is 3. The summed E-state index contributed by atoms with van der Waals surface area (Å²) in [5.41, 5.74) is 8.46. The van der Waals surface area contributed by atoms with Gasteiger partial charge in [-0.3, -0.25) is 4.57 Å². The van der Waals surface area contributed by atoms with E-state index in [9.17, 15) is 5.11 Å². The molecule has 5 heteroatoms. The molecule has 0 aliphatic heterocycles. The van der Waals surface area contributed by atoms with Crippen molar-refractivity contribution in [3.05, 3.63) is 133 Å². The molecule has 0 spiro atoms. The molecule has 0 saturated heterocycles. The van der Waals surface area contributed by atoms with Crippen molar-refractivity contribution in [3.8, 4) is 33.8 Å². The van der Waals surface area contributed by atoms with Gasteiger partial charge in [0.05, 0.1) is 16.9 Å². The Labute approximate surface area is 281 Å². The van der Waals surface area contributed by atoms with Crippen LogP contribution >= 0.6 is 11.8 Å². The quantitative estimate of drug-likeness (QED) is 0.205. The number of hydrogen-bond acceptors (Lipinski definition) is 4. The third-order valence-corrected chi connectivity index (χ3v) is 9.62. The number of fused-ring (bicyclic) bond motifs is 3. The van der Waals surface area contributed by atoms with Crippen LogP contribution in [0.25, 0.3) is 50.0 Å². The molecule has 234 valence electrons. The molecule has 7 rings (SSSR count). The summed E-state index contributed by atoms with van der Waals surface area (Å²) in [4.78, 5) is 11.1. The lowest BCUT2D eigenvalue weighted by atomic mass is 9.79. The third kappa shape index (κ3) is 5.92. The average Bonchev–Trinajstić information content (AvgIpc) is 3.38. The second-order valence-corrected chi connectivity index (χ2v) is 15.3. The Morgan fingerprint density at radius 2 is 1.36 bits per heavy atom. The molecular formula is C42H39N3OS. The summed E-state index contributed by atoms with van der Waals surface area (Å²) in [7, 11) is 0. The first-order valence-corrected chi connectivity index (χ1v) is 16.9. The maximum absolute atomic E-state index is 12.0. The second kappa shape index (κ2) is 11.7. The molecule has 0 saturated carbocycles. The molecule has 47 heavy (non-hydrogen) atoms. The van der Waals surface area contributed by atoms with E-state index in [1.807, 2.05) is 30.5 Å². The number of pyridine rings is 2. The first-order chi connectivity index (χ1) is 22.5. The number of para-hydroxylation sites is 1. The molecule has 0 radical (unpaired) electrons. The van der Waals surface area contributed by atoms with Crippen LogP contribution in [0.15, 0.2) is 131 Å². The Morgan fingerprint density at radius 3 is 2.09 bits per heavy atom. The predicted octanol–water partition coefficient (Wildman–Crippen LogP) is 11.4. The summed E-state index contributed by atoms with van der Waals surface area (Å²) in [6, 6.07) is 40.1. The van der Waals surface area contributed by atoms with Gasteiger partial charge in [0.25, 0.3) is 0 Å². The molecule has 1 N–H and O–H groups in total. The lowest BCUT2D eigenvalue weighted by Gasteiger charge is -2.28. The van der Waals surface area contributed by atoms with E-state index in [0.29, 0.717) is 5.75 Å². The molecule has 0 amide bonds. The van der Waals surface area contributed by atoms with Gasteiger partial charge in [-0.05, 0) is 82.1 Å². The highest BCUT2D eigenvalue weighted by Crippen LogP contribution is 2.43. The summed E-state index contributed by atoms with van der Waals surface area (Å²) in [6.45, 7) is 13.1. The number of rotatable bonds is 5. The fourth-order valence-electron chi connectivity index (χ4n) is 6.17. The minimum absolute atomic E-state index is 0.112. The molecule has 0 unspecified atom stereocenters. The van der Waals surface area contributed by atoms with E-state index in [1.54, 1.807) is 11.8 Å². The molecule has 3 aromatic heterocycles. The zero-order valence-electron chi connectivity index (χ0n) is 27.7. The summed E-state index contributed by atoms with van der Waals surface area (Å²) in [5, 5.41) is 15.1. The fraction of sp³-hybridized carbons (Fsp3) is 0.190. The molecule has 0 fully saturated rings. The van der Waals surface area contributed by atoms with Gasteiger partial charge in [-0.15, -0.1) is 0 Å². The monoisotopic (exact) mass is 633 g/mol. The number of aromatic nitrogens is 3. The van der Waals surface area contributed by atoms with E-state index in [4.69, 9.17) is 4.98 Å². The van der Waals surface area contributed by atoms with Crippen molar-refractivity contribution >= 4 is 33.7 Å². The van der Waals surface area contributed by atoms with Gasteiger partial charge in [-0.1, -0.05) is 114 Å². The lowest BCUT2D eigenvalue weighted by Crippen LogP contribution is -2.18. The van der Waals surface area contributed by atoms with Gasteiger partial charge in [0, 0.05) is 33.0 Å². The van der Waals surface area contributed by atoms with Gasteiger partial charge in [0.2, 0.25) is 0 Å². The summed E-state index contributed by atoms with van der Waals surface area (Å²) < 4.78 is 2.15. The molecule has 4 nitrogen and oxygen atoms in total. The van der Waals surface area contributed by atoms with Crippen LogP contribution in [0.1, 0.15) is 52.7 Å². The van der Waals surface area contributed by atoms with Crippen molar-refractivity contribution in [2.24, 2.45) is 0 Å². The zero-order valence-corrected chi connectivity index (χ0v) is 28.6. The van der Waals surface area contributed by atoms with Crippen molar-refractivity contribution in [1.29, 1.82) is 0 Å². The fourth-order valence-corrected chi connectivity index (χ4v) is 7.04. The molecule has 3 heterocycles. The Bertz CT molecular complexity index is 2240. The van der Waals surface area contributed by atoms with Gasteiger partial charge >= 0.3 is 0 Å². The molecular weight excluding hydrogens is 595 g/mol. The van der Waals surface area contributed by atoms with Crippen molar-refractivity contribution in [1.82, 2.24) is 14.5 Å². The summed E-state index contributed by atoms with van der Waals surface area (Å²) >= 11 is 1.65. The van der Waals surface area contributed by atoms with Crippen LogP contribution in [0.2, 0.25) is 0 Å². The van der Waals surface area contributed by atoms with E-state index >= 15 is 0 Å². The topological polar surface area (TPSA) is 50.9 Å². The Hall–Kier alpha value is -4.87. The molecule has 0 atom stereocenters. The molecule has 0 bridgehead atoms. The smallest absolute Gasteiger partial charge is 0.146 e. The van der Waals surface area contributed by atoms with Crippen molar-refractivity contribution in [2.45, 2.75) is 62.3 Å². The van der Waals surface area contributed by atoms with E-state index in [2.05, 4.69) is 142 Å². The van der Waals surface area contributed by atoms with E-state index < -0.39 is 0 Å². The van der Waals surface area contributed by atoms with Gasteiger partial charge in [0.1, 0.15) is 16.4 Å². The molecule has 7 aromatic rings. The number of phenolic OH excluding ortho intramolecular Hbond substituents is 1. The normalized spacial score (nSPS) is 12.2. The number of hydrogen-bond donors (Lipinski definition) is 1. The Balaban J connectivity index is 1.49. The summed E-state index contributed by atoms with van der Waals surface area (Å²) in [6.07, 6.45) is 1.83. The van der Waals surface area contributed by atoms with Gasteiger partial charge in [0.15, 0.2) is 0 Å². The first kappa shape index (κ1) is 30.8. The van der Waals surface area contributed by atoms with Crippen LogP contribution in [-0.4, -0.2) is 19.6 Å². The maximum Gasteiger partial charge on any atom is 0.146 e. The van der Waals surface area contributed by atoms with E-state index in [1.165, 1.54) is 5.56 Å². The lowest BCUT2D eigenvalue weighted by molar-refractivity contribution is 0.442. The minimum Gasteiger partial charge on any atom is -0.505 e. The Morgan fingerprint density at radius 1 is 0.638 bits per heavy atom. The largest absolute Gasteiger partial charge is 0.505 e. The first-order valence-electron chi connectivity index (χ1n) is 16.1. The van der Waals surface area contributed by atoms with Crippen molar-refractivity contribution in [2.75, 3.05) is 0 Å². The van der Waals surface area contributed by atoms with E-state index in [0.717, 1.165) is 65.5 Å². The Kier molecular flexibility index (Phi) is 7.68. The highest BCUT2D eigenvalue weighted by molar-refractivity contribution is 7.99. The highest BCUT2D eigenvalue weighted by atomic mass is 32.2. The molecule has 0 aliphatic rings. The van der Waals surface area contributed by atoms with Crippen LogP contribution in [0.5, 0.6) is 5.75 Å². The van der Waals surface area contributed by atoms with Crippen molar-refractivity contribution < 1.29 is 5.11 Å². The average molecular weight is 634 g/mol. The zero-order chi connectivity index (χ0) is 32.9. The van der Waals surface area contributed by atoms with Gasteiger partial charge in [-0.25, -0.2) is 9.97 Å². The van der Waals surface area contributed by atoms with Crippen LogP contribution in [0.4, 0.5) is 0 Å². The minimum atomic E-state index is -0.253. The maximum atomic E-state index is 12.0. The molecule has 0 aliphatic carbocycles. The number of benzene rings is 4. The van der Waals surface area contributed by atoms with E-state index in [-0.39, 0.29) is 10.8 Å². The van der Waals surface area contributed by atoms with Crippen LogP contribution in [-0.2, 0) is 10.8 Å². The van der Waals surface area contributed by atoms with Crippen molar-refractivity contribution in [3.63, 3.8) is 0 Å². The van der Waals surface area contributed by atoms with Crippen LogP contribution < -0.4 is 0 Å². The predicted molar refractivity (Wildman–Crippen MR) is 197 cm³/mol. The molecule has 4 aromatic carbocycles. The third-order valence-electron chi connectivity index (χ3n) is 8.70. The standard InChI is InChI=1S/C42H39N3OS/c1-41(2,3)30-25-34(42(4,5)6)39(46)37(26-30)45-36-17-11-10-16-32(36)33-19-20-35(44-40(33)45)29-22-28(27-14-8-7-9-15-27)23-31(24-29)47-38-18-12-13-21-43-38/h7-26,46H,1-6H3. The van der Waals surface area contributed by atoms with Crippen LogP contribution in [0.3, 0.4) is 0 Å². The van der Waals surface area contributed by atoms with Crippen LogP contribution in [0, 0.1) is 0 Å². The second-order valence-electron chi connectivity index (χ2n) is 14.2.